The molecule has 2 aromatic carbocycles. The number of carbonyl (C=O) groups is 2. The topological polar surface area (TPSA) is 77.4 Å². The number of azo groups is 1. The molecule has 2 aromatic rings. The van der Waals surface area contributed by atoms with Crippen molar-refractivity contribution >= 4 is 23.2 Å². The zero-order valence-corrected chi connectivity index (χ0v) is 18.1. The first-order chi connectivity index (χ1) is 15.6. The van der Waals surface area contributed by atoms with Gasteiger partial charge >= 0.3 is 6.18 Å². The zero-order chi connectivity index (χ0) is 23.8. The second-order valence-electron chi connectivity index (χ2n) is 8.15. The Labute approximate surface area is 188 Å². The summed E-state index contributed by atoms with van der Waals surface area (Å²) in [6.45, 7) is -0.845. The minimum Gasteiger partial charge on any atom is -0.325 e. The molecule has 1 N–H and O–H groups in total. The number of hydrogen-bond acceptors (Lipinski definition) is 5. The van der Waals surface area contributed by atoms with Gasteiger partial charge in [0.1, 0.15) is 12.6 Å². The van der Waals surface area contributed by atoms with E-state index in [2.05, 4.69) is 15.5 Å². The molecule has 0 radical (unpaired) electrons. The van der Waals surface area contributed by atoms with E-state index in [9.17, 15) is 22.8 Å². The molecule has 10 heteroatoms. The number of anilines is 2. The standard InChI is InChI=1S/C23H22F3N5O2/c1-30(2)10-9-20(32)28-18-6-4-3-5-15(18)14-7-8-16-19(11-14)31(13-23(24,25)26)22(33)17-12-27-29-21(16)17/h3-8,11-12,21H,9-10,13H2,1-2H3,(H,28,32). The number of nitrogens with one attached hydrogen (secondary N) is 1. The van der Waals surface area contributed by atoms with Gasteiger partial charge in [0.2, 0.25) is 5.91 Å². The van der Waals surface area contributed by atoms with Crippen LogP contribution in [0, 0.1) is 0 Å². The maximum atomic E-state index is 13.3. The Bertz CT molecular complexity index is 1160. The smallest absolute Gasteiger partial charge is 0.325 e. The molecule has 7 nitrogen and oxygen atoms in total. The molecule has 2 aliphatic rings. The SMILES string of the molecule is CN(C)CCC(=O)Nc1ccccc1-c1ccc2c(c1)N(CC(F)(F)F)C(=O)C1=CN=NC12. The summed E-state index contributed by atoms with van der Waals surface area (Å²) in [7, 11) is 3.74. The van der Waals surface area contributed by atoms with Crippen molar-refractivity contribution in [1.29, 1.82) is 0 Å². The Morgan fingerprint density at radius 3 is 2.67 bits per heavy atom. The lowest BCUT2D eigenvalue weighted by Gasteiger charge is -2.33. The predicted molar refractivity (Wildman–Crippen MR) is 118 cm³/mol. The molecule has 33 heavy (non-hydrogen) atoms. The van der Waals surface area contributed by atoms with E-state index in [1.807, 2.05) is 19.0 Å². The van der Waals surface area contributed by atoms with Gasteiger partial charge in [0, 0.05) is 29.8 Å². The third kappa shape index (κ3) is 4.80. The molecule has 0 aromatic heterocycles. The monoisotopic (exact) mass is 457 g/mol. The first kappa shape index (κ1) is 22.7. The summed E-state index contributed by atoms with van der Waals surface area (Å²) in [4.78, 5) is 27.8. The van der Waals surface area contributed by atoms with Crippen molar-refractivity contribution in [2.45, 2.75) is 18.6 Å². The van der Waals surface area contributed by atoms with Gasteiger partial charge in [0.25, 0.3) is 5.91 Å². The lowest BCUT2D eigenvalue weighted by Crippen LogP contribution is -2.43. The summed E-state index contributed by atoms with van der Waals surface area (Å²) in [5.74, 6) is -0.943. The van der Waals surface area contributed by atoms with Gasteiger partial charge in [-0.1, -0.05) is 30.3 Å². The van der Waals surface area contributed by atoms with Crippen molar-refractivity contribution in [3.8, 4) is 11.1 Å². The van der Waals surface area contributed by atoms with Crippen molar-refractivity contribution < 1.29 is 22.8 Å². The number of benzene rings is 2. The van der Waals surface area contributed by atoms with Crippen molar-refractivity contribution in [2.75, 3.05) is 37.4 Å². The Hall–Kier alpha value is -3.53. The molecule has 0 aliphatic carbocycles. The van der Waals surface area contributed by atoms with Crippen LogP contribution in [0.4, 0.5) is 24.5 Å². The number of rotatable bonds is 6. The van der Waals surface area contributed by atoms with Crippen LogP contribution in [0.25, 0.3) is 11.1 Å². The average Bonchev–Trinajstić information content (AvgIpc) is 3.25. The minimum atomic E-state index is -4.58. The number of carbonyl (C=O) groups excluding carboxylic acids is 2. The largest absolute Gasteiger partial charge is 0.406 e. The van der Waals surface area contributed by atoms with Gasteiger partial charge in [-0.25, -0.2) is 0 Å². The fraction of sp³-hybridized carbons (Fsp3) is 0.304. The highest BCUT2D eigenvalue weighted by atomic mass is 19.4. The molecule has 2 amide bonds. The Balaban J connectivity index is 1.72. The summed E-state index contributed by atoms with van der Waals surface area (Å²) >= 11 is 0. The van der Waals surface area contributed by atoms with Crippen LogP contribution in [-0.4, -0.2) is 50.1 Å². The van der Waals surface area contributed by atoms with Crippen LogP contribution < -0.4 is 10.2 Å². The molecular formula is C23H22F3N5O2. The second-order valence-corrected chi connectivity index (χ2v) is 8.15. The summed E-state index contributed by atoms with van der Waals surface area (Å²) in [6, 6.07) is 11.3. The van der Waals surface area contributed by atoms with E-state index >= 15 is 0 Å². The van der Waals surface area contributed by atoms with Crippen LogP contribution in [0.15, 0.2) is 64.5 Å². The molecule has 0 spiro atoms. The Kier molecular flexibility index (Phi) is 6.03. The first-order valence-electron chi connectivity index (χ1n) is 10.3. The normalized spacial score (nSPS) is 17.2. The van der Waals surface area contributed by atoms with Gasteiger partial charge in [-0.2, -0.15) is 23.4 Å². The summed E-state index contributed by atoms with van der Waals surface area (Å²) < 4.78 is 39.9. The number of fused-ring (bicyclic) bond motifs is 3. The van der Waals surface area contributed by atoms with Gasteiger partial charge in [0.15, 0.2) is 0 Å². The van der Waals surface area contributed by atoms with Crippen molar-refractivity contribution in [1.82, 2.24) is 4.90 Å². The maximum absolute atomic E-state index is 13.3. The van der Waals surface area contributed by atoms with Crippen LogP contribution in [0.5, 0.6) is 0 Å². The third-order valence-corrected chi connectivity index (χ3v) is 5.42. The van der Waals surface area contributed by atoms with Crippen LogP contribution in [-0.2, 0) is 9.59 Å². The molecule has 4 rings (SSSR count). The second kappa shape index (κ2) is 8.78. The average molecular weight is 457 g/mol. The van der Waals surface area contributed by atoms with Crippen molar-refractivity contribution in [3.05, 3.63) is 59.8 Å². The third-order valence-electron chi connectivity index (χ3n) is 5.42. The van der Waals surface area contributed by atoms with E-state index in [1.165, 1.54) is 12.3 Å². The van der Waals surface area contributed by atoms with Gasteiger partial charge in [0.05, 0.1) is 17.5 Å². The molecule has 0 bridgehead atoms. The highest BCUT2D eigenvalue weighted by Gasteiger charge is 2.43. The lowest BCUT2D eigenvalue weighted by atomic mass is 9.90. The molecule has 2 aliphatic heterocycles. The molecule has 1 unspecified atom stereocenters. The number of hydrogen-bond donors (Lipinski definition) is 1. The highest BCUT2D eigenvalue weighted by molar-refractivity contribution is 6.10. The first-order valence-corrected chi connectivity index (χ1v) is 10.3. The molecule has 0 fully saturated rings. The fourth-order valence-electron chi connectivity index (χ4n) is 3.86. The summed E-state index contributed by atoms with van der Waals surface area (Å²) in [5, 5.41) is 10.6. The maximum Gasteiger partial charge on any atom is 0.406 e. The number of para-hydroxylation sites is 1. The van der Waals surface area contributed by atoms with Crippen molar-refractivity contribution in [3.63, 3.8) is 0 Å². The molecule has 1 atom stereocenters. The summed E-state index contributed by atoms with van der Waals surface area (Å²) in [6.07, 6.45) is -3.07. The lowest BCUT2D eigenvalue weighted by molar-refractivity contribution is -0.130. The van der Waals surface area contributed by atoms with Gasteiger partial charge in [-0.05, 0) is 31.8 Å². The molecular weight excluding hydrogens is 435 g/mol. The van der Waals surface area contributed by atoms with Crippen LogP contribution in [0.1, 0.15) is 18.0 Å². The zero-order valence-electron chi connectivity index (χ0n) is 18.1. The van der Waals surface area contributed by atoms with Crippen LogP contribution in [0.2, 0.25) is 0 Å². The summed E-state index contributed by atoms with van der Waals surface area (Å²) in [5.41, 5.74) is 2.46. The minimum absolute atomic E-state index is 0.119. The molecule has 0 saturated heterocycles. The van der Waals surface area contributed by atoms with Crippen LogP contribution >= 0.6 is 0 Å². The number of nitrogens with zero attached hydrogens (tertiary/aromatic N) is 4. The van der Waals surface area contributed by atoms with Crippen molar-refractivity contribution in [2.24, 2.45) is 10.2 Å². The molecule has 2 heterocycles. The Morgan fingerprint density at radius 1 is 1.18 bits per heavy atom. The van der Waals surface area contributed by atoms with E-state index in [1.54, 1.807) is 36.4 Å². The van der Waals surface area contributed by atoms with E-state index < -0.39 is 24.7 Å². The predicted octanol–water partition coefficient (Wildman–Crippen LogP) is 4.54. The molecule has 0 saturated carbocycles. The number of amides is 2. The number of alkyl halides is 3. The van der Waals surface area contributed by atoms with E-state index in [-0.39, 0.29) is 17.2 Å². The van der Waals surface area contributed by atoms with Gasteiger partial charge < -0.3 is 10.2 Å². The molecule has 172 valence electrons. The highest BCUT2D eigenvalue weighted by Crippen LogP contribution is 2.45. The van der Waals surface area contributed by atoms with Crippen LogP contribution in [0.3, 0.4) is 0 Å². The number of halogens is 3. The van der Waals surface area contributed by atoms with E-state index in [0.717, 1.165) is 4.90 Å². The van der Waals surface area contributed by atoms with E-state index in [4.69, 9.17) is 0 Å². The van der Waals surface area contributed by atoms with E-state index in [0.29, 0.717) is 35.3 Å². The fourth-order valence-corrected chi connectivity index (χ4v) is 3.86. The quantitative estimate of drug-likeness (QED) is 0.692. The van der Waals surface area contributed by atoms with Gasteiger partial charge in [-0.3, -0.25) is 14.5 Å². The van der Waals surface area contributed by atoms with Gasteiger partial charge in [-0.15, -0.1) is 0 Å². The Morgan fingerprint density at radius 2 is 1.94 bits per heavy atom.